The highest BCUT2D eigenvalue weighted by atomic mass is 32.2. The van der Waals surface area contributed by atoms with Crippen molar-refractivity contribution in [1.29, 1.82) is 0 Å². The number of ether oxygens (including phenoxy) is 1. The third kappa shape index (κ3) is 6.79. The molecule has 3 atom stereocenters. The van der Waals surface area contributed by atoms with E-state index in [2.05, 4.69) is 15.0 Å². The van der Waals surface area contributed by atoms with E-state index in [1.165, 1.54) is 18.2 Å². The first kappa shape index (κ1) is 23.3. The minimum atomic E-state index is -3.82. The number of aliphatic hydroxyl groups excluding tert-OH is 1. The highest BCUT2D eigenvalue weighted by molar-refractivity contribution is 7.89. The van der Waals surface area contributed by atoms with Gasteiger partial charge in [0.05, 0.1) is 30.1 Å². The van der Waals surface area contributed by atoms with Crippen LogP contribution in [0.15, 0.2) is 53.6 Å². The molecule has 1 aliphatic heterocycles. The van der Waals surface area contributed by atoms with Crippen molar-refractivity contribution in [3.05, 3.63) is 60.2 Å². The molecule has 0 unspecified atom stereocenters. The largest absolute Gasteiger partial charge is 0.394 e. The summed E-state index contributed by atoms with van der Waals surface area (Å²) in [4.78, 5) is 16.3. The van der Waals surface area contributed by atoms with E-state index in [4.69, 9.17) is 4.74 Å². The van der Waals surface area contributed by atoms with Gasteiger partial charge in [0.25, 0.3) is 0 Å². The highest BCUT2D eigenvalue weighted by Crippen LogP contribution is 2.22. The maximum absolute atomic E-state index is 13.3. The number of halogens is 1. The van der Waals surface area contributed by atoms with E-state index in [1.54, 1.807) is 18.3 Å². The highest BCUT2D eigenvalue weighted by Gasteiger charge is 2.32. The summed E-state index contributed by atoms with van der Waals surface area (Å²) in [6.45, 7) is -0.154. The zero-order valence-corrected chi connectivity index (χ0v) is 17.7. The molecule has 2 aromatic rings. The standard InChI is InChI=1S/C21H26FN3O5S/c22-15-4-3-6-18(12-15)31(28,29)24-11-9-17-7-8-19(20(14-26)30-17)25-21(27)13-16-5-1-2-10-23-16/h1-6,10,12,17,19-20,24,26H,7-9,11,13-14H2,(H,25,27)/t17-,19+,20+/m1/s1. The van der Waals surface area contributed by atoms with Crippen LogP contribution in [0.3, 0.4) is 0 Å². The molecule has 0 bridgehead atoms. The predicted molar refractivity (Wildman–Crippen MR) is 111 cm³/mol. The summed E-state index contributed by atoms with van der Waals surface area (Å²) in [6.07, 6.45) is 2.51. The fraction of sp³-hybridized carbons (Fsp3) is 0.429. The van der Waals surface area contributed by atoms with E-state index in [0.29, 0.717) is 25.0 Å². The topological polar surface area (TPSA) is 118 Å². The second kappa shape index (κ2) is 10.8. The Kier molecular flexibility index (Phi) is 8.08. The van der Waals surface area contributed by atoms with Gasteiger partial charge in [0.2, 0.25) is 15.9 Å². The molecule has 1 amide bonds. The number of benzene rings is 1. The molecule has 0 radical (unpaired) electrons. The average Bonchev–Trinajstić information content (AvgIpc) is 2.75. The normalized spacial score (nSPS) is 21.5. The van der Waals surface area contributed by atoms with Gasteiger partial charge in [0.1, 0.15) is 11.9 Å². The van der Waals surface area contributed by atoms with Gasteiger partial charge in [-0.25, -0.2) is 17.5 Å². The summed E-state index contributed by atoms with van der Waals surface area (Å²) in [7, 11) is -3.82. The van der Waals surface area contributed by atoms with Crippen molar-refractivity contribution in [3.63, 3.8) is 0 Å². The van der Waals surface area contributed by atoms with Crippen LogP contribution >= 0.6 is 0 Å². The second-order valence-electron chi connectivity index (χ2n) is 7.37. The first-order valence-corrected chi connectivity index (χ1v) is 11.6. The number of hydrogen-bond acceptors (Lipinski definition) is 6. The molecule has 2 heterocycles. The molecule has 1 aliphatic rings. The molecule has 168 valence electrons. The van der Waals surface area contributed by atoms with Crippen LogP contribution in [0.1, 0.15) is 25.0 Å². The zero-order chi connectivity index (χ0) is 22.3. The van der Waals surface area contributed by atoms with Crippen LogP contribution in [0.2, 0.25) is 0 Å². The van der Waals surface area contributed by atoms with E-state index < -0.39 is 21.9 Å². The minimum Gasteiger partial charge on any atom is -0.394 e. The number of sulfonamides is 1. The van der Waals surface area contributed by atoms with Crippen molar-refractivity contribution < 1.29 is 27.4 Å². The zero-order valence-electron chi connectivity index (χ0n) is 16.9. The van der Waals surface area contributed by atoms with Gasteiger partial charge in [-0.2, -0.15) is 0 Å². The molecule has 8 nitrogen and oxygen atoms in total. The number of amides is 1. The Morgan fingerprint density at radius 2 is 2.06 bits per heavy atom. The molecule has 1 aromatic carbocycles. The molecule has 0 spiro atoms. The van der Waals surface area contributed by atoms with Gasteiger partial charge in [0, 0.05) is 18.4 Å². The number of hydrogen-bond donors (Lipinski definition) is 3. The van der Waals surface area contributed by atoms with Crippen LogP contribution in [-0.4, -0.2) is 55.8 Å². The van der Waals surface area contributed by atoms with Crippen molar-refractivity contribution in [2.75, 3.05) is 13.2 Å². The van der Waals surface area contributed by atoms with Gasteiger partial charge in [-0.05, 0) is 49.6 Å². The molecule has 31 heavy (non-hydrogen) atoms. The Morgan fingerprint density at radius 1 is 1.23 bits per heavy atom. The molecule has 3 N–H and O–H groups in total. The minimum absolute atomic E-state index is 0.109. The fourth-order valence-corrected chi connectivity index (χ4v) is 4.58. The molecule has 1 fully saturated rings. The van der Waals surface area contributed by atoms with Gasteiger partial charge < -0.3 is 15.2 Å². The summed E-state index contributed by atoms with van der Waals surface area (Å²) < 4.78 is 46.1. The third-order valence-corrected chi connectivity index (χ3v) is 6.53. The van der Waals surface area contributed by atoms with Crippen molar-refractivity contribution >= 4 is 15.9 Å². The Balaban J connectivity index is 1.46. The lowest BCUT2D eigenvalue weighted by atomic mass is 9.97. The number of aliphatic hydroxyl groups is 1. The number of aromatic nitrogens is 1. The summed E-state index contributed by atoms with van der Waals surface area (Å²) in [5, 5.41) is 12.6. The molecule has 0 saturated carbocycles. The molecular weight excluding hydrogens is 425 g/mol. The number of pyridine rings is 1. The van der Waals surface area contributed by atoms with Crippen LogP contribution in [0.5, 0.6) is 0 Å². The van der Waals surface area contributed by atoms with Crippen LogP contribution in [0.25, 0.3) is 0 Å². The Labute approximate surface area is 180 Å². The molecule has 3 rings (SSSR count). The smallest absolute Gasteiger partial charge is 0.240 e. The predicted octanol–water partition coefficient (Wildman–Crippen LogP) is 1.16. The number of nitrogens with one attached hydrogen (secondary N) is 2. The number of carbonyl (C=O) groups is 1. The summed E-state index contributed by atoms with van der Waals surface area (Å²) in [5.74, 6) is -0.826. The van der Waals surface area contributed by atoms with Gasteiger partial charge in [-0.3, -0.25) is 9.78 Å². The van der Waals surface area contributed by atoms with Gasteiger partial charge in [-0.15, -0.1) is 0 Å². The number of carbonyl (C=O) groups excluding carboxylic acids is 1. The van der Waals surface area contributed by atoms with Crippen LogP contribution in [-0.2, 0) is 26.0 Å². The third-order valence-electron chi connectivity index (χ3n) is 5.07. The molecule has 1 aromatic heterocycles. The van der Waals surface area contributed by atoms with Gasteiger partial charge >= 0.3 is 0 Å². The van der Waals surface area contributed by atoms with Gasteiger partial charge in [0.15, 0.2) is 0 Å². The maximum atomic E-state index is 13.3. The lowest BCUT2D eigenvalue weighted by Crippen LogP contribution is -2.51. The quantitative estimate of drug-likeness (QED) is 0.527. The lowest BCUT2D eigenvalue weighted by Gasteiger charge is -2.36. The van der Waals surface area contributed by atoms with E-state index >= 15 is 0 Å². The van der Waals surface area contributed by atoms with Crippen LogP contribution in [0, 0.1) is 5.82 Å². The van der Waals surface area contributed by atoms with Crippen LogP contribution < -0.4 is 10.0 Å². The average molecular weight is 452 g/mol. The van der Waals surface area contributed by atoms with Crippen molar-refractivity contribution in [1.82, 2.24) is 15.0 Å². The van der Waals surface area contributed by atoms with E-state index in [-0.39, 0.29) is 42.5 Å². The Morgan fingerprint density at radius 3 is 2.77 bits per heavy atom. The SMILES string of the molecule is O=C(Cc1ccccn1)N[C@H]1CC[C@H](CCNS(=O)(=O)c2cccc(F)c2)O[C@H]1CO. The summed E-state index contributed by atoms with van der Waals surface area (Å²) in [6, 6.07) is 9.81. The summed E-state index contributed by atoms with van der Waals surface area (Å²) >= 11 is 0. The fourth-order valence-electron chi connectivity index (χ4n) is 3.51. The monoisotopic (exact) mass is 451 g/mol. The number of nitrogens with zero attached hydrogens (tertiary/aromatic N) is 1. The van der Waals surface area contributed by atoms with Crippen LogP contribution in [0.4, 0.5) is 4.39 Å². The van der Waals surface area contributed by atoms with Crippen molar-refractivity contribution in [2.45, 2.75) is 48.8 Å². The molecule has 1 saturated heterocycles. The van der Waals surface area contributed by atoms with Gasteiger partial charge in [-0.1, -0.05) is 12.1 Å². The second-order valence-corrected chi connectivity index (χ2v) is 9.14. The van der Waals surface area contributed by atoms with E-state index in [9.17, 15) is 22.7 Å². The molecule has 0 aliphatic carbocycles. The molecule has 10 heteroatoms. The van der Waals surface area contributed by atoms with E-state index in [1.807, 2.05) is 6.07 Å². The Hall–Kier alpha value is -2.40. The van der Waals surface area contributed by atoms with Crippen molar-refractivity contribution in [3.8, 4) is 0 Å². The first-order chi connectivity index (χ1) is 14.9. The first-order valence-electron chi connectivity index (χ1n) is 10.1. The maximum Gasteiger partial charge on any atom is 0.240 e. The summed E-state index contributed by atoms with van der Waals surface area (Å²) in [5.41, 5.74) is 0.653. The van der Waals surface area contributed by atoms with E-state index in [0.717, 1.165) is 6.07 Å². The van der Waals surface area contributed by atoms with Crippen molar-refractivity contribution in [2.24, 2.45) is 0 Å². The number of rotatable bonds is 9. The lowest BCUT2D eigenvalue weighted by molar-refractivity contribution is -0.127. The molecular formula is C21H26FN3O5S. The Bertz CT molecular complexity index is 974.